The van der Waals surface area contributed by atoms with Crippen LogP contribution in [0, 0.1) is 0 Å². The summed E-state index contributed by atoms with van der Waals surface area (Å²) < 4.78 is 1.84. The number of thiophene rings is 1. The summed E-state index contributed by atoms with van der Waals surface area (Å²) in [6.07, 6.45) is 10.1. The van der Waals surface area contributed by atoms with Crippen molar-refractivity contribution in [3.8, 4) is 0 Å². The summed E-state index contributed by atoms with van der Waals surface area (Å²) >= 11 is 1.82. The molecule has 0 saturated carbocycles. The van der Waals surface area contributed by atoms with Crippen LogP contribution in [0.25, 0.3) is 10.2 Å². The Labute approximate surface area is 158 Å². The van der Waals surface area contributed by atoms with Crippen molar-refractivity contribution in [2.75, 3.05) is 12.3 Å². The molecule has 1 aliphatic carbocycles. The molecule has 3 aromatic rings. The van der Waals surface area contributed by atoms with Crippen LogP contribution in [0.1, 0.15) is 48.0 Å². The zero-order valence-corrected chi connectivity index (χ0v) is 16.3. The zero-order chi connectivity index (χ0) is 18.1. The largest absolute Gasteiger partial charge is 0.383 e. The number of aryl methyl sites for hydroxylation is 3. The number of nitrogens with zero attached hydrogens (tertiary/aromatic N) is 5. The quantitative estimate of drug-likeness (QED) is 0.698. The number of hydrogen-bond donors (Lipinski definition) is 1. The van der Waals surface area contributed by atoms with Crippen molar-refractivity contribution in [3.63, 3.8) is 0 Å². The summed E-state index contributed by atoms with van der Waals surface area (Å²) in [4.78, 5) is 14.4. The topological polar surface area (TPSA) is 72.9 Å². The number of anilines is 1. The normalized spacial score (nSPS) is 14.7. The molecule has 0 aromatic carbocycles. The predicted molar refractivity (Wildman–Crippen MR) is 106 cm³/mol. The van der Waals surface area contributed by atoms with Gasteiger partial charge in [-0.15, -0.1) is 11.3 Å². The van der Waals surface area contributed by atoms with E-state index in [1.54, 1.807) is 0 Å². The molecule has 0 fully saturated rings. The molecule has 3 heterocycles. The molecule has 3 aromatic heterocycles. The van der Waals surface area contributed by atoms with E-state index >= 15 is 0 Å². The van der Waals surface area contributed by atoms with Gasteiger partial charge in [0.1, 0.15) is 16.5 Å². The Bertz CT molecular complexity index is 912. The standard InChI is InChI=1S/C19H26N6S/c1-3-25(11-13-9-21-24(2)10-13)12-16-22-18(20)17-14-7-5-4-6-8-15(14)26-19(17)23-16/h9-10H,3-8,11-12H2,1-2H3,(H2,20,22,23). The first-order chi connectivity index (χ1) is 12.6. The lowest BCUT2D eigenvalue weighted by atomic mass is 10.1. The summed E-state index contributed by atoms with van der Waals surface area (Å²) in [7, 11) is 1.94. The van der Waals surface area contributed by atoms with Crippen molar-refractivity contribution in [1.82, 2.24) is 24.6 Å². The maximum absolute atomic E-state index is 6.37. The summed E-state index contributed by atoms with van der Waals surface area (Å²) in [5.41, 5.74) is 8.98. The summed E-state index contributed by atoms with van der Waals surface area (Å²) in [6.45, 7) is 4.63. The first-order valence-corrected chi connectivity index (χ1v) is 10.2. The molecular formula is C19H26N6S. The van der Waals surface area contributed by atoms with Gasteiger partial charge >= 0.3 is 0 Å². The highest BCUT2D eigenvalue weighted by Gasteiger charge is 2.20. The average molecular weight is 371 g/mol. The van der Waals surface area contributed by atoms with Crippen molar-refractivity contribution in [3.05, 3.63) is 34.2 Å². The van der Waals surface area contributed by atoms with Gasteiger partial charge in [-0.1, -0.05) is 13.3 Å². The third kappa shape index (κ3) is 3.46. The molecule has 1 aliphatic rings. The van der Waals surface area contributed by atoms with E-state index < -0.39 is 0 Å². The van der Waals surface area contributed by atoms with Gasteiger partial charge in [0.2, 0.25) is 0 Å². The maximum Gasteiger partial charge on any atom is 0.146 e. The fraction of sp³-hybridized carbons (Fsp3) is 0.526. The molecule has 6 nitrogen and oxygen atoms in total. The van der Waals surface area contributed by atoms with E-state index in [1.807, 2.05) is 29.3 Å². The van der Waals surface area contributed by atoms with E-state index in [0.29, 0.717) is 12.4 Å². The van der Waals surface area contributed by atoms with Crippen LogP contribution in [0.15, 0.2) is 12.4 Å². The molecule has 7 heteroatoms. The molecule has 138 valence electrons. The lowest BCUT2D eigenvalue weighted by molar-refractivity contribution is 0.265. The second-order valence-electron chi connectivity index (χ2n) is 7.10. The third-order valence-corrected chi connectivity index (χ3v) is 6.30. The van der Waals surface area contributed by atoms with Gasteiger partial charge in [-0.3, -0.25) is 9.58 Å². The Hall–Kier alpha value is -1.99. The predicted octanol–water partition coefficient (Wildman–Crippen LogP) is 3.30. The number of rotatable bonds is 5. The minimum Gasteiger partial charge on any atom is -0.383 e. The molecule has 0 bridgehead atoms. The van der Waals surface area contributed by atoms with Crippen molar-refractivity contribution in [2.24, 2.45) is 7.05 Å². The molecule has 0 aliphatic heterocycles. The maximum atomic E-state index is 6.37. The van der Waals surface area contributed by atoms with E-state index in [2.05, 4.69) is 28.1 Å². The number of nitrogen functional groups attached to an aromatic ring is 1. The lowest BCUT2D eigenvalue weighted by Crippen LogP contribution is -2.23. The number of fused-ring (bicyclic) bond motifs is 3. The molecule has 0 amide bonds. The van der Waals surface area contributed by atoms with E-state index in [0.717, 1.165) is 42.0 Å². The highest BCUT2D eigenvalue weighted by molar-refractivity contribution is 7.19. The Morgan fingerprint density at radius 1 is 1.19 bits per heavy atom. The van der Waals surface area contributed by atoms with Gasteiger partial charge in [0, 0.05) is 30.2 Å². The average Bonchev–Trinajstić information content (AvgIpc) is 3.10. The second kappa shape index (κ2) is 7.32. The van der Waals surface area contributed by atoms with Gasteiger partial charge in [0.15, 0.2) is 0 Å². The molecule has 26 heavy (non-hydrogen) atoms. The molecule has 2 N–H and O–H groups in total. The molecule has 0 atom stereocenters. The Kier molecular flexibility index (Phi) is 4.91. The van der Waals surface area contributed by atoms with Crippen LogP contribution in [0.3, 0.4) is 0 Å². The van der Waals surface area contributed by atoms with E-state index in [9.17, 15) is 0 Å². The van der Waals surface area contributed by atoms with Gasteiger partial charge in [0.25, 0.3) is 0 Å². The fourth-order valence-electron chi connectivity index (χ4n) is 3.77. The SMILES string of the molecule is CCN(Cc1cnn(C)c1)Cc1nc(N)c2c3c(sc2n1)CCCCC3. The zero-order valence-electron chi connectivity index (χ0n) is 15.5. The number of aromatic nitrogens is 4. The summed E-state index contributed by atoms with van der Waals surface area (Å²) in [5.74, 6) is 1.47. The van der Waals surface area contributed by atoms with Crippen molar-refractivity contribution >= 4 is 27.4 Å². The van der Waals surface area contributed by atoms with Crippen LogP contribution in [0.2, 0.25) is 0 Å². The van der Waals surface area contributed by atoms with Gasteiger partial charge in [-0.05, 0) is 37.8 Å². The van der Waals surface area contributed by atoms with Crippen LogP contribution in [-0.2, 0) is 33.0 Å². The summed E-state index contributed by atoms with van der Waals surface area (Å²) in [6, 6.07) is 0. The van der Waals surface area contributed by atoms with Crippen LogP contribution in [-0.4, -0.2) is 31.2 Å². The molecular weight excluding hydrogens is 344 g/mol. The number of nitrogens with two attached hydrogens (primary N) is 1. The first kappa shape index (κ1) is 17.4. The van der Waals surface area contributed by atoms with Gasteiger partial charge in [0.05, 0.1) is 18.1 Å². The highest BCUT2D eigenvalue weighted by Crippen LogP contribution is 2.37. The first-order valence-electron chi connectivity index (χ1n) is 9.40. The van der Waals surface area contributed by atoms with Crippen LogP contribution in [0.5, 0.6) is 0 Å². The molecule has 0 radical (unpaired) electrons. The summed E-state index contributed by atoms with van der Waals surface area (Å²) in [5, 5.41) is 5.37. The third-order valence-electron chi connectivity index (χ3n) is 5.12. The van der Waals surface area contributed by atoms with Gasteiger partial charge < -0.3 is 5.73 Å². The van der Waals surface area contributed by atoms with E-state index in [-0.39, 0.29) is 0 Å². The Morgan fingerprint density at radius 2 is 2.04 bits per heavy atom. The monoisotopic (exact) mass is 370 g/mol. The van der Waals surface area contributed by atoms with Gasteiger partial charge in [-0.25, -0.2) is 9.97 Å². The Balaban J connectivity index is 1.60. The highest BCUT2D eigenvalue weighted by atomic mass is 32.1. The smallest absolute Gasteiger partial charge is 0.146 e. The molecule has 0 spiro atoms. The van der Waals surface area contributed by atoms with Gasteiger partial charge in [-0.2, -0.15) is 5.10 Å². The molecule has 0 saturated heterocycles. The van der Waals surface area contributed by atoms with Crippen LogP contribution < -0.4 is 5.73 Å². The molecule has 4 rings (SSSR count). The van der Waals surface area contributed by atoms with Crippen molar-refractivity contribution in [1.29, 1.82) is 0 Å². The fourth-order valence-corrected chi connectivity index (χ4v) is 5.06. The van der Waals surface area contributed by atoms with Crippen LogP contribution in [0.4, 0.5) is 5.82 Å². The van der Waals surface area contributed by atoms with E-state index in [4.69, 9.17) is 10.7 Å². The minimum absolute atomic E-state index is 0.654. The Morgan fingerprint density at radius 3 is 2.81 bits per heavy atom. The van der Waals surface area contributed by atoms with E-state index in [1.165, 1.54) is 35.3 Å². The lowest BCUT2D eigenvalue weighted by Gasteiger charge is -2.18. The number of hydrogen-bond acceptors (Lipinski definition) is 6. The van der Waals surface area contributed by atoms with Crippen LogP contribution >= 0.6 is 11.3 Å². The molecule has 0 unspecified atom stereocenters. The minimum atomic E-state index is 0.654. The van der Waals surface area contributed by atoms with Crippen molar-refractivity contribution in [2.45, 2.75) is 52.1 Å². The second-order valence-corrected chi connectivity index (χ2v) is 8.18. The van der Waals surface area contributed by atoms with Crippen molar-refractivity contribution < 1.29 is 0 Å².